The van der Waals surface area contributed by atoms with Crippen LogP contribution in [0.25, 0.3) is 0 Å². The lowest BCUT2D eigenvalue weighted by Gasteiger charge is -2.21. The van der Waals surface area contributed by atoms with E-state index in [0.717, 1.165) is 5.56 Å². The van der Waals surface area contributed by atoms with E-state index in [2.05, 4.69) is 4.74 Å². The highest BCUT2D eigenvalue weighted by Gasteiger charge is 2.29. The number of methoxy groups -OCH3 is 1. The molecule has 1 unspecified atom stereocenters. The molecule has 0 aliphatic carbocycles. The molecule has 0 radical (unpaired) electrons. The van der Waals surface area contributed by atoms with Gasteiger partial charge in [-0.2, -0.15) is 0 Å². The SMILES string of the molecule is COC(=O)C(C)(N)CCOc1cc(C)ccc1[N+](=O)[O-]. The Morgan fingerprint density at radius 3 is 2.70 bits per heavy atom. The van der Waals surface area contributed by atoms with Gasteiger partial charge in [-0.05, 0) is 25.5 Å². The van der Waals surface area contributed by atoms with Gasteiger partial charge in [0.25, 0.3) is 0 Å². The van der Waals surface area contributed by atoms with Gasteiger partial charge in [0.1, 0.15) is 5.54 Å². The van der Waals surface area contributed by atoms with Crippen molar-refractivity contribution in [1.29, 1.82) is 0 Å². The molecule has 1 rings (SSSR count). The lowest BCUT2D eigenvalue weighted by Crippen LogP contribution is -2.46. The van der Waals surface area contributed by atoms with Crippen LogP contribution in [-0.2, 0) is 9.53 Å². The van der Waals surface area contributed by atoms with E-state index >= 15 is 0 Å². The maximum absolute atomic E-state index is 11.4. The second-order valence-electron chi connectivity index (χ2n) is 4.74. The first kappa shape index (κ1) is 15.9. The molecule has 0 amide bonds. The van der Waals surface area contributed by atoms with Crippen LogP contribution >= 0.6 is 0 Å². The van der Waals surface area contributed by atoms with Gasteiger partial charge in [0.05, 0.1) is 18.6 Å². The zero-order valence-corrected chi connectivity index (χ0v) is 11.7. The lowest BCUT2D eigenvalue weighted by molar-refractivity contribution is -0.385. The van der Waals surface area contributed by atoms with E-state index in [4.69, 9.17) is 10.5 Å². The molecule has 7 nitrogen and oxygen atoms in total. The molecular weight excluding hydrogens is 264 g/mol. The molecular formula is C13H18N2O5. The number of rotatable bonds is 6. The minimum atomic E-state index is -1.19. The summed E-state index contributed by atoms with van der Waals surface area (Å²) in [4.78, 5) is 21.8. The average Bonchev–Trinajstić information content (AvgIpc) is 2.37. The molecule has 0 fully saturated rings. The Kier molecular flexibility index (Phi) is 5.04. The Hall–Kier alpha value is -2.15. The Morgan fingerprint density at radius 1 is 1.50 bits per heavy atom. The smallest absolute Gasteiger partial charge is 0.325 e. The number of esters is 1. The highest BCUT2D eigenvalue weighted by atomic mass is 16.6. The Labute approximate surface area is 116 Å². The molecule has 0 bridgehead atoms. The van der Waals surface area contributed by atoms with E-state index in [-0.39, 0.29) is 24.5 Å². The van der Waals surface area contributed by atoms with E-state index in [1.807, 2.05) is 0 Å². The molecule has 0 heterocycles. The number of benzene rings is 1. The van der Waals surface area contributed by atoms with Crippen LogP contribution < -0.4 is 10.5 Å². The molecule has 2 N–H and O–H groups in total. The summed E-state index contributed by atoms with van der Waals surface area (Å²) in [5.41, 5.74) is 5.31. The first-order valence-electron chi connectivity index (χ1n) is 6.03. The van der Waals surface area contributed by atoms with E-state index in [1.165, 1.54) is 20.1 Å². The summed E-state index contributed by atoms with van der Waals surface area (Å²) in [5.74, 6) is -0.393. The number of nitro benzene ring substituents is 1. The van der Waals surface area contributed by atoms with Gasteiger partial charge in [0, 0.05) is 12.5 Å². The minimum Gasteiger partial charge on any atom is -0.487 e. The number of hydrogen-bond acceptors (Lipinski definition) is 6. The topological polar surface area (TPSA) is 105 Å². The van der Waals surface area contributed by atoms with Crippen LogP contribution in [0, 0.1) is 17.0 Å². The fraction of sp³-hybridized carbons (Fsp3) is 0.462. The number of carbonyl (C=O) groups excluding carboxylic acids is 1. The second kappa shape index (κ2) is 6.33. The number of nitrogens with two attached hydrogens (primary N) is 1. The summed E-state index contributed by atoms with van der Waals surface area (Å²) >= 11 is 0. The fourth-order valence-electron chi connectivity index (χ4n) is 1.60. The van der Waals surface area contributed by atoms with Gasteiger partial charge in [0.15, 0.2) is 5.75 Å². The summed E-state index contributed by atoms with van der Waals surface area (Å²) < 4.78 is 9.95. The van der Waals surface area contributed by atoms with Gasteiger partial charge in [-0.15, -0.1) is 0 Å². The van der Waals surface area contributed by atoms with Crippen molar-refractivity contribution in [2.75, 3.05) is 13.7 Å². The molecule has 0 saturated carbocycles. The van der Waals surface area contributed by atoms with Crippen molar-refractivity contribution in [2.24, 2.45) is 5.73 Å². The van der Waals surface area contributed by atoms with Gasteiger partial charge >= 0.3 is 11.7 Å². The van der Waals surface area contributed by atoms with Gasteiger partial charge in [-0.1, -0.05) is 6.07 Å². The van der Waals surface area contributed by atoms with Crippen molar-refractivity contribution < 1.29 is 19.2 Å². The molecule has 0 aliphatic heterocycles. The normalized spacial score (nSPS) is 13.4. The average molecular weight is 282 g/mol. The van der Waals surface area contributed by atoms with Crippen molar-refractivity contribution in [3.8, 4) is 5.75 Å². The van der Waals surface area contributed by atoms with Crippen molar-refractivity contribution in [2.45, 2.75) is 25.8 Å². The molecule has 110 valence electrons. The molecule has 1 atom stereocenters. The standard InChI is InChI=1S/C13H18N2O5/c1-9-4-5-10(15(17)18)11(8-9)20-7-6-13(2,14)12(16)19-3/h4-5,8H,6-7,14H2,1-3H3. The zero-order chi connectivity index (χ0) is 15.3. The summed E-state index contributed by atoms with van der Waals surface area (Å²) in [6.45, 7) is 3.40. The van der Waals surface area contributed by atoms with Crippen LogP contribution in [0.15, 0.2) is 18.2 Å². The van der Waals surface area contributed by atoms with Crippen LogP contribution in [0.5, 0.6) is 5.75 Å². The number of hydrogen-bond donors (Lipinski definition) is 1. The van der Waals surface area contributed by atoms with E-state index in [1.54, 1.807) is 19.1 Å². The van der Waals surface area contributed by atoms with Crippen LogP contribution in [0.3, 0.4) is 0 Å². The van der Waals surface area contributed by atoms with Crippen LogP contribution in [0.2, 0.25) is 0 Å². The van der Waals surface area contributed by atoms with Crippen molar-refractivity contribution >= 4 is 11.7 Å². The Morgan fingerprint density at radius 2 is 2.15 bits per heavy atom. The molecule has 20 heavy (non-hydrogen) atoms. The first-order chi connectivity index (χ1) is 9.27. The van der Waals surface area contributed by atoms with Gasteiger partial charge in [-0.3, -0.25) is 14.9 Å². The quantitative estimate of drug-likeness (QED) is 0.482. The Bertz CT molecular complexity index is 513. The van der Waals surface area contributed by atoms with Crippen molar-refractivity contribution in [1.82, 2.24) is 0 Å². The number of nitrogens with zero attached hydrogens (tertiary/aromatic N) is 1. The van der Waals surface area contributed by atoms with E-state index < -0.39 is 16.4 Å². The monoisotopic (exact) mass is 282 g/mol. The predicted octanol–water partition coefficient (Wildman–Crippen LogP) is 1.56. The van der Waals surface area contributed by atoms with Crippen LogP contribution in [0.1, 0.15) is 18.9 Å². The summed E-state index contributed by atoms with van der Waals surface area (Å²) in [5, 5.41) is 10.9. The number of carbonyl (C=O) groups is 1. The van der Waals surface area contributed by atoms with Gasteiger partial charge in [0.2, 0.25) is 0 Å². The molecule has 0 aromatic heterocycles. The van der Waals surface area contributed by atoms with Crippen molar-refractivity contribution in [3.05, 3.63) is 33.9 Å². The largest absolute Gasteiger partial charge is 0.487 e. The molecule has 1 aromatic carbocycles. The molecule has 0 aliphatic rings. The first-order valence-corrected chi connectivity index (χ1v) is 6.03. The maximum Gasteiger partial charge on any atom is 0.325 e. The van der Waals surface area contributed by atoms with Crippen LogP contribution in [-0.4, -0.2) is 30.1 Å². The molecule has 0 spiro atoms. The second-order valence-corrected chi connectivity index (χ2v) is 4.74. The van der Waals surface area contributed by atoms with Crippen molar-refractivity contribution in [3.63, 3.8) is 0 Å². The highest BCUT2D eigenvalue weighted by molar-refractivity contribution is 5.79. The number of aryl methyl sites for hydroxylation is 1. The lowest BCUT2D eigenvalue weighted by atomic mass is 10.0. The predicted molar refractivity (Wildman–Crippen MR) is 72.6 cm³/mol. The summed E-state index contributed by atoms with van der Waals surface area (Å²) in [6.07, 6.45) is 0.185. The van der Waals surface area contributed by atoms with E-state index in [9.17, 15) is 14.9 Å². The van der Waals surface area contributed by atoms with Crippen LogP contribution in [0.4, 0.5) is 5.69 Å². The third kappa shape index (κ3) is 3.92. The Balaban J connectivity index is 2.73. The molecule has 1 aromatic rings. The third-order valence-corrected chi connectivity index (χ3v) is 2.84. The summed E-state index contributed by atoms with van der Waals surface area (Å²) in [7, 11) is 1.25. The van der Waals surface area contributed by atoms with E-state index in [0.29, 0.717) is 0 Å². The minimum absolute atomic E-state index is 0.0758. The maximum atomic E-state index is 11.4. The highest BCUT2D eigenvalue weighted by Crippen LogP contribution is 2.28. The molecule has 7 heteroatoms. The third-order valence-electron chi connectivity index (χ3n) is 2.84. The van der Waals surface area contributed by atoms with Gasteiger partial charge < -0.3 is 15.2 Å². The fourth-order valence-corrected chi connectivity index (χ4v) is 1.60. The number of nitro groups is 1. The number of ether oxygens (including phenoxy) is 2. The molecule has 0 saturated heterocycles. The zero-order valence-electron chi connectivity index (χ0n) is 11.7. The van der Waals surface area contributed by atoms with Gasteiger partial charge in [-0.25, -0.2) is 0 Å². The summed E-state index contributed by atoms with van der Waals surface area (Å²) in [6, 6.07) is 4.59.